The maximum absolute atomic E-state index is 12.1. The lowest BCUT2D eigenvalue weighted by Gasteiger charge is -2.21. The third kappa shape index (κ3) is 3.47. The first-order chi connectivity index (χ1) is 8.70. The van der Waals surface area contributed by atoms with Crippen molar-refractivity contribution in [1.82, 2.24) is 5.32 Å². The topological polar surface area (TPSA) is 38.3 Å². The highest BCUT2D eigenvalue weighted by Crippen LogP contribution is 2.34. The van der Waals surface area contributed by atoms with Crippen LogP contribution in [0.5, 0.6) is 0 Å². The molecule has 2 bridgehead atoms. The van der Waals surface area contributed by atoms with Crippen molar-refractivity contribution in [3.63, 3.8) is 0 Å². The van der Waals surface area contributed by atoms with Crippen molar-refractivity contribution in [3.8, 4) is 0 Å². The van der Waals surface area contributed by atoms with Crippen molar-refractivity contribution in [2.24, 2.45) is 5.92 Å². The summed E-state index contributed by atoms with van der Waals surface area (Å²) >= 11 is 0. The minimum Gasteiger partial charge on any atom is -0.462 e. The largest absolute Gasteiger partial charge is 0.462 e. The molecule has 4 atom stereocenters. The quantitative estimate of drug-likeness (QED) is 0.560. The molecule has 0 spiro atoms. The lowest BCUT2D eigenvalue weighted by atomic mass is 9.89. The van der Waals surface area contributed by atoms with Crippen LogP contribution < -0.4 is 5.32 Å². The molecule has 0 amide bonds. The van der Waals surface area contributed by atoms with Gasteiger partial charge in [-0.1, -0.05) is 26.2 Å². The maximum atomic E-state index is 12.1. The highest BCUT2D eigenvalue weighted by Gasteiger charge is 2.43. The smallest absolute Gasteiger partial charge is 0.310 e. The number of rotatable bonds is 7. The summed E-state index contributed by atoms with van der Waals surface area (Å²) in [5, 5.41) is 3.49. The number of hydrogen-bond donors (Lipinski definition) is 1. The Kier molecular flexibility index (Phi) is 5.04. The maximum Gasteiger partial charge on any atom is 0.310 e. The second kappa shape index (κ2) is 6.55. The summed E-state index contributed by atoms with van der Waals surface area (Å²) in [5.74, 6) is 0.166. The van der Waals surface area contributed by atoms with E-state index < -0.39 is 0 Å². The summed E-state index contributed by atoms with van der Waals surface area (Å²) in [4.78, 5) is 12.1. The van der Waals surface area contributed by atoms with Crippen LogP contribution in [0.3, 0.4) is 0 Å². The van der Waals surface area contributed by atoms with Crippen LogP contribution in [0, 0.1) is 5.92 Å². The van der Waals surface area contributed by atoms with Crippen LogP contribution in [-0.2, 0) is 9.53 Å². The van der Waals surface area contributed by atoms with E-state index in [1.165, 1.54) is 32.1 Å². The van der Waals surface area contributed by atoms with E-state index in [1.54, 1.807) is 0 Å². The zero-order valence-corrected chi connectivity index (χ0v) is 11.8. The normalized spacial score (nSPS) is 31.6. The van der Waals surface area contributed by atoms with E-state index in [4.69, 9.17) is 4.74 Å². The number of unbranched alkanes of at least 4 members (excludes halogenated alkanes) is 3. The van der Waals surface area contributed by atoms with Gasteiger partial charge in [0.1, 0.15) is 0 Å². The van der Waals surface area contributed by atoms with Gasteiger partial charge in [0, 0.05) is 12.1 Å². The molecule has 3 heteroatoms. The average Bonchev–Trinajstić information content (AvgIpc) is 2.96. The van der Waals surface area contributed by atoms with Crippen LogP contribution in [0.2, 0.25) is 0 Å². The van der Waals surface area contributed by atoms with Crippen LogP contribution in [0.4, 0.5) is 0 Å². The molecule has 0 aromatic rings. The monoisotopic (exact) mass is 253 g/mol. The summed E-state index contributed by atoms with van der Waals surface area (Å²) in [6, 6.07) is 0.974. The number of ether oxygens (including phenoxy) is 1. The second-order valence-corrected chi connectivity index (χ2v) is 5.99. The Bertz CT molecular complexity index is 280. The van der Waals surface area contributed by atoms with Crippen molar-refractivity contribution < 1.29 is 9.53 Å². The van der Waals surface area contributed by atoms with Gasteiger partial charge in [0.05, 0.1) is 12.0 Å². The Morgan fingerprint density at radius 2 is 2.17 bits per heavy atom. The molecule has 104 valence electrons. The lowest BCUT2D eigenvalue weighted by Crippen LogP contribution is -2.32. The van der Waals surface area contributed by atoms with Crippen molar-refractivity contribution >= 4 is 5.97 Å². The van der Waals surface area contributed by atoms with E-state index in [2.05, 4.69) is 12.2 Å². The number of fused-ring (bicyclic) bond motifs is 2. The lowest BCUT2D eigenvalue weighted by molar-refractivity contribution is -0.154. The average molecular weight is 253 g/mol. The van der Waals surface area contributed by atoms with Gasteiger partial charge in [-0.3, -0.25) is 4.79 Å². The summed E-state index contributed by atoms with van der Waals surface area (Å²) in [6.07, 6.45) is 9.46. The third-order valence-electron chi connectivity index (χ3n) is 4.38. The molecule has 2 aliphatic heterocycles. The molecule has 1 N–H and O–H groups in total. The first-order valence-electron chi connectivity index (χ1n) is 7.67. The van der Waals surface area contributed by atoms with Gasteiger partial charge >= 0.3 is 5.97 Å². The minimum atomic E-state index is 0.0395. The van der Waals surface area contributed by atoms with Crippen LogP contribution in [0.15, 0.2) is 0 Å². The molecule has 18 heavy (non-hydrogen) atoms. The highest BCUT2D eigenvalue weighted by atomic mass is 16.5. The summed E-state index contributed by atoms with van der Waals surface area (Å²) < 4.78 is 5.59. The van der Waals surface area contributed by atoms with Crippen molar-refractivity contribution in [2.45, 2.75) is 83.4 Å². The van der Waals surface area contributed by atoms with Gasteiger partial charge in [-0.05, 0) is 39.0 Å². The molecule has 0 radical (unpaired) electrons. The summed E-state index contributed by atoms with van der Waals surface area (Å²) in [7, 11) is 0. The fraction of sp³-hybridized carbons (Fsp3) is 0.933. The van der Waals surface area contributed by atoms with E-state index in [0.29, 0.717) is 12.1 Å². The van der Waals surface area contributed by atoms with E-state index in [0.717, 1.165) is 19.3 Å². The van der Waals surface area contributed by atoms with E-state index in [1.807, 2.05) is 6.92 Å². The standard InChI is InChI=1S/C15H27NO2/c1-3-4-5-6-7-11(2)18-15(17)13-10-12-8-9-14(13)16-12/h11-14,16H,3-10H2,1-2H3. The Labute approximate surface area is 111 Å². The molecule has 3 nitrogen and oxygen atoms in total. The van der Waals surface area contributed by atoms with Crippen LogP contribution in [0.1, 0.15) is 65.2 Å². The Morgan fingerprint density at radius 3 is 2.78 bits per heavy atom. The molecule has 0 saturated carbocycles. The van der Waals surface area contributed by atoms with Crippen molar-refractivity contribution in [1.29, 1.82) is 0 Å². The Hall–Kier alpha value is -0.570. The molecule has 0 aliphatic carbocycles. The van der Waals surface area contributed by atoms with Gasteiger partial charge in [0.15, 0.2) is 0 Å². The molecule has 2 rings (SSSR count). The number of hydrogen-bond acceptors (Lipinski definition) is 3. The van der Waals surface area contributed by atoms with Crippen LogP contribution >= 0.6 is 0 Å². The van der Waals surface area contributed by atoms with Crippen molar-refractivity contribution in [2.75, 3.05) is 0 Å². The van der Waals surface area contributed by atoms with Gasteiger partial charge in [-0.2, -0.15) is 0 Å². The second-order valence-electron chi connectivity index (χ2n) is 5.99. The number of esters is 1. The molecule has 4 unspecified atom stereocenters. The first kappa shape index (κ1) is 13.9. The molecule has 0 aromatic carbocycles. The minimum absolute atomic E-state index is 0.0395. The van der Waals surface area contributed by atoms with E-state index in [9.17, 15) is 4.79 Å². The van der Waals surface area contributed by atoms with Gasteiger partial charge in [-0.25, -0.2) is 0 Å². The van der Waals surface area contributed by atoms with E-state index in [-0.39, 0.29) is 18.0 Å². The zero-order chi connectivity index (χ0) is 13.0. The molecule has 2 aliphatic rings. The third-order valence-corrected chi connectivity index (χ3v) is 4.38. The number of nitrogens with one attached hydrogen (secondary N) is 1. The number of carbonyl (C=O) groups excluding carboxylic acids is 1. The number of carbonyl (C=O) groups is 1. The fourth-order valence-electron chi connectivity index (χ4n) is 3.29. The molecule has 0 aromatic heterocycles. The fourth-order valence-corrected chi connectivity index (χ4v) is 3.29. The Balaban J connectivity index is 1.64. The molecule has 2 fully saturated rings. The van der Waals surface area contributed by atoms with Crippen LogP contribution in [0.25, 0.3) is 0 Å². The van der Waals surface area contributed by atoms with Gasteiger partial charge in [0.25, 0.3) is 0 Å². The predicted octanol–water partition coefficient (Wildman–Crippen LogP) is 3.03. The molecular weight excluding hydrogens is 226 g/mol. The summed E-state index contributed by atoms with van der Waals surface area (Å²) in [6.45, 7) is 4.25. The Morgan fingerprint density at radius 1 is 1.33 bits per heavy atom. The molecular formula is C15H27NO2. The van der Waals surface area contributed by atoms with Gasteiger partial charge < -0.3 is 10.1 Å². The van der Waals surface area contributed by atoms with Crippen molar-refractivity contribution in [3.05, 3.63) is 0 Å². The highest BCUT2D eigenvalue weighted by molar-refractivity contribution is 5.74. The molecule has 2 heterocycles. The summed E-state index contributed by atoms with van der Waals surface area (Å²) in [5.41, 5.74) is 0. The van der Waals surface area contributed by atoms with Crippen LogP contribution in [-0.4, -0.2) is 24.2 Å². The van der Waals surface area contributed by atoms with Gasteiger partial charge in [-0.15, -0.1) is 0 Å². The van der Waals surface area contributed by atoms with E-state index >= 15 is 0 Å². The first-order valence-corrected chi connectivity index (χ1v) is 7.67. The predicted molar refractivity (Wildman–Crippen MR) is 72.4 cm³/mol. The molecule has 2 saturated heterocycles. The zero-order valence-electron chi connectivity index (χ0n) is 11.8. The SMILES string of the molecule is CCCCCCC(C)OC(=O)C1CC2CCC1N2. The van der Waals surface area contributed by atoms with Gasteiger partial charge in [0.2, 0.25) is 0 Å².